The fraction of sp³-hybridized carbons (Fsp3) is 0.636. The number of aromatic amines is 1. The number of aromatic nitrogens is 2. The van der Waals surface area contributed by atoms with Crippen molar-refractivity contribution in [3.05, 3.63) is 22.7 Å². The third-order valence-electron chi connectivity index (χ3n) is 3.09. The van der Waals surface area contributed by atoms with Crippen molar-refractivity contribution < 1.29 is 0 Å². The minimum absolute atomic E-state index is 0.606. The Balaban J connectivity index is 2.12. The average molecular weight is 208 g/mol. The van der Waals surface area contributed by atoms with Crippen LogP contribution in [0.15, 0.2) is 12.3 Å². The van der Waals surface area contributed by atoms with Gasteiger partial charge in [0, 0.05) is 12.1 Å². The number of H-pyrrole nitrogens is 1. The molecule has 1 aliphatic carbocycles. The van der Waals surface area contributed by atoms with E-state index in [2.05, 4.69) is 16.9 Å². The predicted molar refractivity (Wildman–Crippen MR) is 59.8 cm³/mol. The summed E-state index contributed by atoms with van der Waals surface area (Å²) in [5.41, 5.74) is 0. The molecule has 0 radical (unpaired) electrons. The number of rotatable bonds is 1. The normalized spacial score (nSPS) is 27.5. The van der Waals surface area contributed by atoms with E-state index in [-0.39, 0.29) is 0 Å². The van der Waals surface area contributed by atoms with Crippen LogP contribution in [0.2, 0.25) is 0 Å². The molecule has 1 aromatic rings. The summed E-state index contributed by atoms with van der Waals surface area (Å²) in [6.45, 7) is 2.33. The molecule has 1 aromatic heterocycles. The number of nitrogens with one attached hydrogen (secondary N) is 1. The highest BCUT2D eigenvalue weighted by atomic mass is 32.1. The molecular formula is C11H16N2S. The first kappa shape index (κ1) is 9.84. The van der Waals surface area contributed by atoms with Gasteiger partial charge in [-0.2, -0.15) is 0 Å². The lowest BCUT2D eigenvalue weighted by molar-refractivity contribution is 0.339. The zero-order valence-corrected chi connectivity index (χ0v) is 9.31. The van der Waals surface area contributed by atoms with Crippen molar-refractivity contribution in [1.82, 2.24) is 9.97 Å². The Kier molecular flexibility index (Phi) is 2.96. The largest absolute Gasteiger partial charge is 0.335 e. The quantitative estimate of drug-likeness (QED) is 0.716. The molecule has 14 heavy (non-hydrogen) atoms. The van der Waals surface area contributed by atoms with E-state index in [1.807, 2.05) is 12.3 Å². The van der Waals surface area contributed by atoms with E-state index in [0.29, 0.717) is 5.92 Å². The van der Waals surface area contributed by atoms with Gasteiger partial charge in [-0.15, -0.1) is 0 Å². The van der Waals surface area contributed by atoms with Crippen LogP contribution in [0, 0.1) is 10.6 Å². The highest BCUT2D eigenvalue weighted by molar-refractivity contribution is 7.71. The van der Waals surface area contributed by atoms with Crippen molar-refractivity contribution in [3.8, 4) is 0 Å². The SMILES string of the molecule is CC1CCC(c2nccc(=S)[nH]2)CC1. The summed E-state index contributed by atoms with van der Waals surface area (Å²) in [5.74, 6) is 2.58. The maximum absolute atomic E-state index is 5.10. The minimum atomic E-state index is 0.606. The first-order valence-electron chi connectivity index (χ1n) is 5.31. The zero-order chi connectivity index (χ0) is 9.97. The highest BCUT2D eigenvalue weighted by Gasteiger charge is 2.20. The molecule has 1 heterocycles. The summed E-state index contributed by atoms with van der Waals surface area (Å²) in [7, 11) is 0. The summed E-state index contributed by atoms with van der Waals surface area (Å²) in [5, 5.41) is 0. The monoisotopic (exact) mass is 208 g/mol. The molecule has 0 spiro atoms. The summed E-state index contributed by atoms with van der Waals surface area (Å²) in [4.78, 5) is 7.56. The van der Waals surface area contributed by atoms with Crippen LogP contribution in [0.5, 0.6) is 0 Å². The molecule has 1 N–H and O–H groups in total. The van der Waals surface area contributed by atoms with Gasteiger partial charge < -0.3 is 4.98 Å². The summed E-state index contributed by atoms with van der Waals surface area (Å²) in [6.07, 6.45) is 6.96. The fourth-order valence-electron chi connectivity index (χ4n) is 2.13. The van der Waals surface area contributed by atoms with Crippen LogP contribution in [0.1, 0.15) is 44.3 Å². The third-order valence-corrected chi connectivity index (χ3v) is 3.33. The molecule has 1 saturated carbocycles. The van der Waals surface area contributed by atoms with Gasteiger partial charge in [-0.3, -0.25) is 0 Å². The molecular weight excluding hydrogens is 192 g/mol. The van der Waals surface area contributed by atoms with Gasteiger partial charge in [0.1, 0.15) is 10.5 Å². The van der Waals surface area contributed by atoms with Gasteiger partial charge in [0.25, 0.3) is 0 Å². The second-order valence-corrected chi connectivity index (χ2v) is 4.72. The number of hydrogen-bond acceptors (Lipinski definition) is 2. The molecule has 0 saturated heterocycles. The third kappa shape index (κ3) is 2.21. The Morgan fingerprint density at radius 3 is 2.71 bits per heavy atom. The van der Waals surface area contributed by atoms with Crippen LogP contribution in [0.25, 0.3) is 0 Å². The molecule has 0 unspecified atom stereocenters. The summed E-state index contributed by atoms with van der Waals surface area (Å²) >= 11 is 5.10. The first-order valence-corrected chi connectivity index (χ1v) is 5.72. The van der Waals surface area contributed by atoms with E-state index in [4.69, 9.17) is 12.2 Å². The lowest BCUT2D eigenvalue weighted by Gasteiger charge is -2.25. The van der Waals surface area contributed by atoms with Crippen LogP contribution in [0.4, 0.5) is 0 Å². The molecule has 0 aromatic carbocycles. The molecule has 0 amide bonds. The van der Waals surface area contributed by atoms with Crippen molar-refractivity contribution in [1.29, 1.82) is 0 Å². The molecule has 0 aliphatic heterocycles. The predicted octanol–water partition coefficient (Wildman–Crippen LogP) is 3.43. The average Bonchev–Trinajstić information content (AvgIpc) is 2.19. The van der Waals surface area contributed by atoms with Crippen LogP contribution >= 0.6 is 12.2 Å². The fourth-order valence-corrected chi connectivity index (χ4v) is 2.29. The maximum Gasteiger partial charge on any atom is 0.110 e. The Morgan fingerprint density at radius 1 is 1.36 bits per heavy atom. The smallest absolute Gasteiger partial charge is 0.110 e. The van der Waals surface area contributed by atoms with Crippen molar-refractivity contribution in [2.45, 2.75) is 38.5 Å². The highest BCUT2D eigenvalue weighted by Crippen LogP contribution is 2.33. The maximum atomic E-state index is 5.10. The molecule has 0 bridgehead atoms. The Bertz CT molecular complexity index is 350. The van der Waals surface area contributed by atoms with Crippen LogP contribution in [0.3, 0.4) is 0 Å². The van der Waals surface area contributed by atoms with Crippen molar-refractivity contribution in [2.75, 3.05) is 0 Å². The second-order valence-electron chi connectivity index (χ2n) is 4.28. The lowest BCUT2D eigenvalue weighted by atomic mass is 9.82. The Hall–Kier alpha value is -0.700. The first-order chi connectivity index (χ1) is 6.75. The molecule has 2 rings (SSSR count). The van der Waals surface area contributed by atoms with E-state index in [1.165, 1.54) is 25.7 Å². The zero-order valence-electron chi connectivity index (χ0n) is 8.49. The van der Waals surface area contributed by atoms with E-state index < -0.39 is 0 Å². The van der Waals surface area contributed by atoms with E-state index in [0.717, 1.165) is 16.4 Å². The van der Waals surface area contributed by atoms with Gasteiger partial charge in [-0.05, 0) is 24.8 Å². The summed E-state index contributed by atoms with van der Waals surface area (Å²) < 4.78 is 0.800. The van der Waals surface area contributed by atoms with Gasteiger partial charge in [0.15, 0.2) is 0 Å². The minimum Gasteiger partial charge on any atom is -0.335 e. The van der Waals surface area contributed by atoms with Crippen LogP contribution < -0.4 is 0 Å². The topological polar surface area (TPSA) is 28.7 Å². The Morgan fingerprint density at radius 2 is 2.07 bits per heavy atom. The van der Waals surface area contributed by atoms with Crippen molar-refractivity contribution >= 4 is 12.2 Å². The molecule has 0 atom stereocenters. The standard InChI is InChI=1S/C11H16N2S/c1-8-2-4-9(5-3-8)11-12-7-6-10(14)13-11/h6-9H,2-5H2,1H3,(H,12,13,14). The van der Waals surface area contributed by atoms with Crippen LogP contribution in [-0.4, -0.2) is 9.97 Å². The lowest BCUT2D eigenvalue weighted by Crippen LogP contribution is -2.13. The van der Waals surface area contributed by atoms with Crippen molar-refractivity contribution in [3.63, 3.8) is 0 Å². The second kappa shape index (κ2) is 4.22. The number of nitrogens with zero attached hydrogens (tertiary/aromatic N) is 1. The van der Waals surface area contributed by atoms with Crippen LogP contribution in [-0.2, 0) is 0 Å². The van der Waals surface area contributed by atoms with Gasteiger partial charge in [0.05, 0.1) is 0 Å². The van der Waals surface area contributed by atoms with E-state index in [1.54, 1.807) is 0 Å². The number of hydrogen-bond donors (Lipinski definition) is 1. The Labute approximate surface area is 89.8 Å². The van der Waals surface area contributed by atoms with Gasteiger partial charge >= 0.3 is 0 Å². The molecule has 76 valence electrons. The van der Waals surface area contributed by atoms with Gasteiger partial charge in [0.2, 0.25) is 0 Å². The van der Waals surface area contributed by atoms with Crippen molar-refractivity contribution in [2.24, 2.45) is 5.92 Å². The van der Waals surface area contributed by atoms with Gasteiger partial charge in [-0.25, -0.2) is 4.98 Å². The summed E-state index contributed by atoms with van der Waals surface area (Å²) in [6, 6.07) is 1.84. The molecule has 2 nitrogen and oxygen atoms in total. The molecule has 3 heteroatoms. The van der Waals surface area contributed by atoms with Gasteiger partial charge in [-0.1, -0.05) is 32.0 Å². The molecule has 1 fully saturated rings. The van der Waals surface area contributed by atoms with E-state index >= 15 is 0 Å². The van der Waals surface area contributed by atoms with E-state index in [9.17, 15) is 0 Å². The molecule has 1 aliphatic rings.